The molecule has 0 heterocycles. The molecule has 62 valence electrons. The Labute approximate surface area is 69.8 Å². The Bertz CT molecular complexity index is 202. The second-order valence-electron chi connectivity index (χ2n) is 5.01. The van der Waals surface area contributed by atoms with Crippen molar-refractivity contribution in [1.82, 2.24) is 0 Å². The van der Waals surface area contributed by atoms with Crippen LogP contribution in [0.15, 0.2) is 0 Å². The van der Waals surface area contributed by atoms with Crippen LogP contribution in [-0.2, 0) is 0 Å². The maximum Gasteiger partial charge on any atom is 0.0288 e. The van der Waals surface area contributed by atoms with Crippen LogP contribution in [0.25, 0.3) is 0 Å². The van der Waals surface area contributed by atoms with E-state index in [-0.39, 0.29) is 11.9 Å². The molecule has 4 fully saturated rings. The van der Waals surface area contributed by atoms with Crippen LogP contribution in [0.3, 0.4) is 0 Å². The highest BCUT2D eigenvalue weighted by Gasteiger charge is 2.48. The lowest BCUT2D eigenvalue weighted by atomic mass is 9.53. The highest BCUT2D eigenvalue weighted by Crippen LogP contribution is 2.54. The summed E-state index contributed by atoms with van der Waals surface area (Å²) in [7, 11) is 0. The molecule has 3 atom stereocenters. The first kappa shape index (κ1) is 5.58. The molecule has 0 aromatic heterocycles. The zero-order valence-corrected chi connectivity index (χ0v) is 6.92. The Balaban J connectivity index is 1.97. The predicted octanol–water partition coefficient (Wildman–Crippen LogP) is 1.91. The van der Waals surface area contributed by atoms with Crippen molar-refractivity contribution >= 4 is 0 Å². The molecule has 4 aliphatic rings. The van der Waals surface area contributed by atoms with Crippen LogP contribution in [-0.4, -0.2) is 5.54 Å². The summed E-state index contributed by atoms with van der Waals surface area (Å²) in [4.78, 5) is 0. The summed E-state index contributed by atoms with van der Waals surface area (Å²) in [5.74, 6) is 2.42. The molecule has 11 heavy (non-hydrogen) atoms. The Morgan fingerprint density at radius 1 is 1.09 bits per heavy atom. The van der Waals surface area contributed by atoms with Gasteiger partial charge in [-0.15, -0.1) is 0 Å². The average molecular weight is 152 g/mol. The lowest BCUT2D eigenvalue weighted by molar-refractivity contribution is 0.000365. The van der Waals surface area contributed by atoms with Gasteiger partial charge in [0.2, 0.25) is 0 Å². The summed E-state index contributed by atoms with van der Waals surface area (Å²) in [5, 5.41) is 0. The van der Waals surface area contributed by atoms with Crippen molar-refractivity contribution < 1.29 is 1.37 Å². The van der Waals surface area contributed by atoms with E-state index >= 15 is 0 Å². The minimum absolute atomic E-state index is 0.0605. The van der Waals surface area contributed by atoms with E-state index in [1.165, 1.54) is 19.3 Å². The molecule has 4 saturated carbocycles. The molecule has 2 N–H and O–H groups in total. The highest BCUT2D eigenvalue weighted by atomic mass is 14.8. The standard InChI is InChI=1S/C10H17N/c11-10-4-7-1-8(5-10)3-9(2-7)6-10/h7-9H,1-6,11H2/i4D. The quantitative estimate of drug-likeness (QED) is 0.564. The van der Waals surface area contributed by atoms with Crippen LogP contribution in [0.4, 0.5) is 0 Å². The van der Waals surface area contributed by atoms with Gasteiger partial charge in [0.25, 0.3) is 0 Å². The molecule has 1 nitrogen and oxygen atoms in total. The number of hydrogen-bond donors (Lipinski definition) is 1. The van der Waals surface area contributed by atoms with Crippen molar-refractivity contribution in [1.29, 1.82) is 0 Å². The molecule has 4 rings (SSSR count). The van der Waals surface area contributed by atoms with Crippen molar-refractivity contribution in [3.8, 4) is 0 Å². The lowest BCUT2D eigenvalue weighted by Gasteiger charge is -2.55. The SMILES string of the molecule is [2H]C1C2CC3CC(C2)CC1(N)C3. The van der Waals surface area contributed by atoms with Crippen LogP contribution in [0.5, 0.6) is 0 Å². The summed E-state index contributed by atoms with van der Waals surface area (Å²) >= 11 is 0. The third-order valence-electron chi connectivity index (χ3n) is 3.84. The topological polar surface area (TPSA) is 26.0 Å². The fourth-order valence-electron chi connectivity index (χ4n) is 3.85. The van der Waals surface area contributed by atoms with Crippen LogP contribution in [0.1, 0.15) is 39.9 Å². The average Bonchev–Trinajstić information content (AvgIpc) is 1.98. The summed E-state index contributed by atoms with van der Waals surface area (Å²) in [6.07, 6.45) is 6.39. The minimum atomic E-state index is -0.0747. The summed E-state index contributed by atoms with van der Waals surface area (Å²) < 4.78 is 8.07. The first-order valence-electron chi connectivity index (χ1n) is 5.46. The number of nitrogens with two attached hydrogens (primary N) is 1. The number of rotatable bonds is 0. The molecule has 3 unspecified atom stereocenters. The zero-order chi connectivity index (χ0) is 8.34. The van der Waals surface area contributed by atoms with Crippen LogP contribution >= 0.6 is 0 Å². The van der Waals surface area contributed by atoms with E-state index in [1.807, 2.05) is 0 Å². The van der Waals surface area contributed by atoms with E-state index in [2.05, 4.69) is 0 Å². The van der Waals surface area contributed by atoms with Gasteiger partial charge in [-0.3, -0.25) is 0 Å². The Kier molecular flexibility index (Phi) is 0.923. The van der Waals surface area contributed by atoms with Crippen molar-refractivity contribution in [2.45, 2.75) is 44.0 Å². The number of hydrogen-bond acceptors (Lipinski definition) is 1. The molecule has 1 heteroatoms. The Morgan fingerprint density at radius 2 is 1.64 bits per heavy atom. The third kappa shape index (κ3) is 0.868. The van der Waals surface area contributed by atoms with Gasteiger partial charge in [0.15, 0.2) is 0 Å². The van der Waals surface area contributed by atoms with Crippen molar-refractivity contribution in [3.63, 3.8) is 0 Å². The van der Waals surface area contributed by atoms with Crippen molar-refractivity contribution in [2.24, 2.45) is 23.5 Å². The molecule has 0 saturated heterocycles. The first-order valence-corrected chi connectivity index (χ1v) is 4.88. The van der Waals surface area contributed by atoms with Gasteiger partial charge in [0.1, 0.15) is 0 Å². The summed E-state index contributed by atoms with van der Waals surface area (Å²) in [5.41, 5.74) is 6.20. The second-order valence-corrected chi connectivity index (χ2v) is 5.01. The van der Waals surface area contributed by atoms with E-state index in [4.69, 9.17) is 7.10 Å². The molecular formula is C10H17N. The third-order valence-corrected chi connectivity index (χ3v) is 3.84. The van der Waals surface area contributed by atoms with Crippen LogP contribution < -0.4 is 5.73 Å². The molecule has 0 aromatic carbocycles. The monoisotopic (exact) mass is 152 g/mol. The van der Waals surface area contributed by atoms with E-state index in [1.54, 1.807) is 0 Å². The zero-order valence-electron chi connectivity index (χ0n) is 7.92. The normalized spacial score (nSPS) is 68.3. The minimum Gasteiger partial charge on any atom is -0.325 e. The van der Waals surface area contributed by atoms with E-state index < -0.39 is 0 Å². The van der Waals surface area contributed by atoms with Crippen LogP contribution in [0, 0.1) is 17.8 Å². The molecular weight excluding hydrogens is 134 g/mol. The van der Waals surface area contributed by atoms with E-state index in [9.17, 15) is 0 Å². The van der Waals surface area contributed by atoms with Gasteiger partial charge in [-0.25, -0.2) is 0 Å². The van der Waals surface area contributed by atoms with Gasteiger partial charge in [-0.05, 0) is 56.3 Å². The molecule has 4 aliphatic carbocycles. The highest BCUT2D eigenvalue weighted by molar-refractivity contribution is 5.04. The lowest BCUT2D eigenvalue weighted by Crippen LogP contribution is -2.55. The van der Waals surface area contributed by atoms with Gasteiger partial charge < -0.3 is 5.73 Å². The molecule has 4 bridgehead atoms. The Morgan fingerprint density at radius 3 is 2.18 bits per heavy atom. The second kappa shape index (κ2) is 1.82. The smallest absolute Gasteiger partial charge is 0.0288 e. The van der Waals surface area contributed by atoms with Gasteiger partial charge in [0, 0.05) is 6.91 Å². The van der Waals surface area contributed by atoms with Gasteiger partial charge in [0.05, 0.1) is 0 Å². The predicted molar refractivity (Wildman–Crippen MR) is 45.1 cm³/mol. The Hall–Kier alpha value is -0.0400. The van der Waals surface area contributed by atoms with Crippen molar-refractivity contribution in [3.05, 3.63) is 0 Å². The van der Waals surface area contributed by atoms with Crippen LogP contribution in [0.2, 0.25) is 0 Å². The van der Waals surface area contributed by atoms with E-state index in [0.717, 1.165) is 24.7 Å². The molecule has 0 aromatic rings. The fourth-order valence-corrected chi connectivity index (χ4v) is 3.85. The fraction of sp³-hybridized carbons (Fsp3) is 1.00. The van der Waals surface area contributed by atoms with Crippen molar-refractivity contribution in [2.75, 3.05) is 0 Å². The van der Waals surface area contributed by atoms with Gasteiger partial charge >= 0.3 is 0 Å². The first-order chi connectivity index (χ1) is 5.67. The molecule has 0 radical (unpaired) electrons. The molecule has 0 amide bonds. The molecule has 0 spiro atoms. The molecule has 0 aliphatic heterocycles. The maximum absolute atomic E-state index is 8.07. The maximum atomic E-state index is 8.07. The summed E-state index contributed by atoms with van der Waals surface area (Å²) in [6, 6.07) is 0. The van der Waals surface area contributed by atoms with Gasteiger partial charge in [-0.2, -0.15) is 0 Å². The largest absolute Gasteiger partial charge is 0.325 e. The summed E-state index contributed by atoms with van der Waals surface area (Å²) in [6.45, 7) is 0. The van der Waals surface area contributed by atoms with Gasteiger partial charge in [-0.1, -0.05) is 0 Å². The van der Waals surface area contributed by atoms with E-state index in [0.29, 0.717) is 5.92 Å².